The zero-order valence-electron chi connectivity index (χ0n) is 16.7. The lowest BCUT2D eigenvalue weighted by Crippen LogP contribution is -2.52. The lowest BCUT2D eigenvalue weighted by Gasteiger charge is -2.38. The first-order chi connectivity index (χ1) is 13.5. The highest BCUT2D eigenvalue weighted by Crippen LogP contribution is 2.26. The Morgan fingerprint density at radius 3 is 2.50 bits per heavy atom. The standard InChI is InChI=1S/C22H27ClN2O3/c1-4-21(28-19-7-5-6-18(15-19)27-3)22(26)25-12-10-24(11-13-25)20-14-17(23)9-8-16(20)2/h5-9,14-15,21H,4,10-13H2,1-3H3. The van der Waals surface area contributed by atoms with Gasteiger partial charge in [0.15, 0.2) is 6.10 Å². The maximum Gasteiger partial charge on any atom is 0.263 e. The minimum atomic E-state index is -0.494. The van der Waals surface area contributed by atoms with Crippen molar-refractivity contribution < 1.29 is 14.3 Å². The Morgan fingerprint density at radius 1 is 1.11 bits per heavy atom. The molecule has 0 N–H and O–H groups in total. The molecule has 150 valence electrons. The summed E-state index contributed by atoms with van der Waals surface area (Å²) >= 11 is 6.16. The molecule has 28 heavy (non-hydrogen) atoms. The highest BCUT2D eigenvalue weighted by atomic mass is 35.5. The summed E-state index contributed by atoms with van der Waals surface area (Å²) in [6, 6.07) is 13.3. The van der Waals surface area contributed by atoms with Gasteiger partial charge in [-0.15, -0.1) is 0 Å². The van der Waals surface area contributed by atoms with Crippen LogP contribution >= 0.6 is 11.6 Å². The Labute approximate surface area is 171 Å². The summed E-state index contributed by atoms with van der Waals surface area (Å²) in [5.41, 5.74) is 2.33. The largest absolute Gasteiger partial charge is 0.497 e. The highest BCUT2D eigenvalue weighted by Gasteiger charge is 2.28. The molecule has 0 aromatic heterocycles. The summed E-state index contributed by atoms with van der Waals surface area (Å²) in [5.74, 6) is 1.39. The van der Waals surface area contributed by atoms with E-state index in [0.29, 0.717) is 31.0 Å². The topological polar surface area (TPSA) is 42.0 Å². The predicted molar refractivity (Wildman–Crippen MR) is 113 cm³/mol. The number of piperazine rings is 1. The van der Waals surface area contributed by atoms with E-state index < -0.39 is 6.10 Å². The SMILES string of the molecule is CCC(Oc1cccc(OC)c1)C(=O)N1CCN(c2cc(Cl)ccc2C)CC1. The lowest BCUT2D eigenvalue weighted by molar-refractivity contribution is -0.139. The van der Waals surface area contributed by atoms with E-state index in [1.807, 2.05) is 48.2 Å². The minimum Gasteiger partial charge on any atom is -0.497 e. The Hall–Kier alpha value is -2.40. The molecular formula is C22H27ClN2O3. The molecule has 3 rings (SSSR count). The fourth-order valence-electron chi connectivity index (χ4n) is 3.44. The number of amides is 1. The summed E-state index contributed by atoms with van der Waals surface area (Å²) < 4.78 is 11.2. The molecule has 0 spiro atoms. The number of carbonyl (C=O) groups excluding carboxylic acids is 1. The van der Waals surface area contributed by atoms with E-state index in [1.54, 1.807) is 13.2 Å². The van der Waals surface area contributed by atoms with Gasteiger partial charge in [0.2, 0.25) is 0 Å². The van der Waals surface area contributed by atoms with E-state index in [-0.39, 0.29) is 5.91 Å². The van der Waals surface area contributed by atoms with Gasteiger partial charge in [-0.1, -0.05) is 30.7 Å². The van der Waals surface area contributed by atoms with Crippen LogP contribution < -0.4 is 14.4 Å². The van der Waals surface area contributed by atoms with E-state index in [4.69, 9.17) is 21.1 Å². The molecule has 1 fully saturated rings. The number of hydrogen-bond donors (Lipinski definition) is 0. The van der Waals surface area contributed by atoms with Gasteiger partial charge in [-0.2, -0.15) is 0 Å². The van der Waals surface area contributed by atoms with Crippen LogP contribution in [0.25, 0.3) is 0 Å². The van der Waals surface area contributed by atoms with Gasteiger partial charge in [0.05, 0.1) is 7.11 Å². The smallest absolute Gasteiger partial charge is 0.263 e. The van der Waals surface area contributed by atoms with Crippen LogP contribution in [0.15, 0.2) is 42.5 Å². The molecule has 0 radical (unpaired) electrons. The molecule has 1 unspecified atom stereocenters. The van der Waals surface area contributed by atoms with Crippen molar-refractivity contribution >= 4 is 23.2 Å². The van der Waals surface area contributed by atoms with Crippen molar-refractivity contribution in [2.75, 3.05) is 38.2 Å². The Bertz CT molecular complexity index is 819. The molecule has 2 aromatic carbocycles. The molecule has 2 aromatic rings. The second kappa shape index (κ2) is 9.20. The lowest BCUT2D eigenvalue weighted by atomic mass is 10.1. The number of methoxy groups -OCH3 is 1. The van der Waals surface area contributed by atoms with E-state index in [0.717, 1.165) is 23.8 Å². The van der Waals surface area contributed by atoms with Crippen LogP contribution in [0.2, 0.25) is 5.02 Å². The predicted octanol–water partition coefficient (Wildman–Crippen LogP) is 4.16. The van der Waals surface area contributed by atoms with E-state index in [9.17, 15) is 4.79 Å². The molecule has 1 aliphatic heterocycles. The van der Waals surface area contributed by atoms with Crippen LogP contribution in [0.5, 0.6) is 11.5 Å². The summed E-state index contributed by atoms with van der Waals surface area (Å²) in [6.45, 7) is 6.95. The zero-order chi connectivity index (χ0) is 20.1. The van der Waals surface area contributed by atoms with Crippen molar-refractivity contribution in [1.29, 1.82) is 0 Å². The van der Waals surface area contributed by atoms with Crippen LogP contribution in [0.1, 0.15) is 18.9 Å². The average Bonchev–Trinajstić information content (AvgIpc) is 2.73. The summed E-state index contributed by atoms with van der Waals surface area (Å²) in [7, 11) is 1.61. The van der Waals surface area contributed by atoms with Gasteiger partial charge in [0, 0.05) is 43.0 Å². The van der Waals surface area contributed by atoms with Gasteiger partial charge < -0.3 is 19.3 Å². The maximum atomic E-state index is 13.0. The first kappa shape index (κ1) is 20.3. The molecule has 1 heterocycles. The number of carbonyl (C=O) groups is 1. The number of hydrogen-bond acceptors (Lipinski definition) is 4. The van der Waals surface area contributed by atoms with Gasteiger partial charge >= 0.3 is 0 Å². The number of aryl methyl sites for hydroxylation is 1. The number of ether oxygens (including phenoxy) is 2. The normalized spacial score (nSPS) is 15.3. The number of halogens is 1. The van der Waals surface area contributed by atoms with Gasteiger partial charge in [-0.25, -0.2) is 0 Å². The van der Waals surface area contributed by atoms with Crippen molar-refractivity contribution in [2.24, 2.45) is 0 Å². The number of anilines is 1. The quantitative estimate of drug-likeness (QED) is 0.727. The van der Waals surface area contributed by atoms with E-state index >= 15 is 0 Å². The van der Waals surface area contributed by atoms with Gasteiger partial charge in [0.1, 0.15) is 11.5 Å². The first-order valence-electron chi connectivity index (χ1n) is 9.62. The molecular weight excluding hydrogens is 376 g/mol. The van der Waals surface area contributed by atoms with Gasteiger partial charge in [-0.3, -0.25) is 4.79 Å². The third kappa shape index (κ3) is 4.71. The zero-order valence-corrected chi connectivity index (χ0v) is 17.4. The molecule has 0 bridgehead atoms. The molecule has 1 aliphatic rings. The third-order valence-electron chi connectivity index (χ3n) is 5.07. The highest BCUT2D eigenvalue weighted by molar-refractivity contribution is 6.30. The second-order valence-electron chi connectivity index (χ2n) is 6.94. The van der Waals surface area contributed by atoms with Crippen molar-refractivity contribution in [1.82, 2.24) is 4.90 Å². The molecule has 6 heteroatoms. The van der Waals surface area contributed by atoms with Crippen LogP contribution in [0.3, 0.4) is 0 Å². The number of rotatable bonds is 6. The van der Waals surface area contributed by atoms with E-state index in [1.165, 1.54) is 5.56 Å². The number of benzene rings is 2. The second-order valence-corrected chi connectivity index (χ2v) is 7.37. The maximum absolute atomic E-state index is 13.0. The summed E-state index contributed by atoms with van der Waals surface area (Å²) in [6.07, 6.45) is 0.121. The molecule has 1 saturated heterocycles. The van der Waals surface area contributed by atoms with Gasteiger partial charge in [0.25, 0.3) is 5.91 Å². The Morgan fingerprint density at radius 2 is 1.82 bits per heavy atom. The van der Waals surface area contributed by atoms with Crippen LogP contribution in [-0.2, 0) is 4.79 Å². The van der Waals surface area contributed by atoms with Crippen molar-refractivity contribution in [2.45, 2.75) is 26.4 Å². The average molecular weight is 403 g/mol. The third-order valence-corrected chi connectivity index (χ3v) is 5.30. The molecule has 0 aliphatic carbocycles. The van der Waals surface area contributed by atoms with Crippen LogP contribution in [0, 0.1) is 6.92 Å². The Kier molecular flexibility index (Phi) is 6.68. The molecule has 1 amide bonds. The monoisotopic (exact) mass is 402 g/mol. The number of nitrogens with zero attached hydrogens (tertiary/aromatic N) is 2. The first-order valence-corrected chi connectivity index (χ1v) is 10.00. The molecule has 0 saturated carbocycles. The molecule has 1 atom stereocenters. The van der Waals surface area contributed by atoms with Crippen LogP contribution in [-0.4, -0.2) is 50.2 Å². The van der Waals surface area contributed by atoms with Crippen molar-refractivity contribution in [3.8, 4) is 11.5 Å². The van der Waals surface area contributed by atoms with Gasteiger partial charge in [-0.05, 0) is 43.2 Å². The molecule has 5 nitrogen and oxygen atoms in total. The fourth-order valence-corrected chi connectivity index (χ4v) is 3.61. The van der Waals surface area contributed by atoms with Crippen molar-refractivity contribution in [3.63, 3.8) is 0 Å². The minimum absolute atomic E-state index is 0.0350. The summed E-state index contributed by atoms with van der Waals surface area (Å²) in [5, 5.41) is 0.733. The van der Waals surface area contributed by atoms with Crippen molar-refractivity contribution in [3.05, 3.63) is 53.1 Å². The van der Waals surface area contributed by atoms with E-state index in [2.05, 4.69) is 11.8 Å². The Balaban J connectivity index is 1.62. The summed E-state index contributed by atoms with van der Waals surface area (Å²) in [4.78, 5) is 17.2. The fraction of sp³-hybridized carbons (Fsp3) is 0.409. The van der Waals surface area contributed by atoms with Crippen LogP contribution in [0.4, 0.5) is 5.69 Å².